The summed E-state index contributed by atoms with van der Waals surface area (Å²) >= 11 is 5.87. The van der Waals surface area contributed by atoms with Crippen LogP contribution in [0.3, 0.4) is 0 Å². The van der Waals surface area contributed by atoms with Gasteiger partial charge in [-0.3, -0.25) is 4.79 Å². The van der Waals surface area contributed by atoms with E-state index in [1.807, 2.05) is 6.92 Å². The van der Waals surface area contributed by atoms with Crippen LogP contribution in [0.25, 0.3) is 0 Å². The molecule has 0 radical (unpaired) electrons. The first-order valence-corrected chi connectivity index (χ1v) is 7.96. The number of amides is 1. The number of hydrogen-bond donors (Lipinski definition) is 1. The zero-order valence-electron chi connectivity index (χ0n) is 11.1. The van der Waals surface area contributed by atoms with E-state index in [0.29, 0.717) is 5.02 Å². The second-order valence-electron chi connectivity index (χ2n) is 4.27. The predicted molar refractivity (Wildman–Crippen MR) is 77.1 cm³/mol. The fourth-order valence-electron chi connectivity index (χ4n) is 1.71. The van der Waals surface area contributed by atoms with Crippen LogP contribution in [-0.2, 0) is 14.8 Å². The van der Waals surface area contributed by atoms with E-state index >= 15 is 0 Å². The Morgan fingerprint density at radius 1 is 1.42 bits per heavy atom. The molecule has 19 heavy (non-hydrogen) atoms. The molecule has 0 saturated carbocycles. The Morgan fingerprint density at radius 3 is 2.53 bits per heavy atom. The summed E-state index contributed by atoms with van der Waals surface area (Å²) in [7, 11) is -3.25. The number of benzene rings is 1. The highest BCUT2D eigenvalue weighted by atomic mass is 35.5. The van der Waals surface area contributed by atoms with Gasteiger partial charge < -0.3 is 4.90 Å². The molecule has 1 aromatic rings. The topological polar surface area (TPSA) is 66.5 Å². The number of aryl methyl sites for hydroxylation is 1. The summed E-state index contributed by atoms with van der Waals surface area (Å²) < 4.78 is 24.4. The van der Waals surface area contributed by atoms with E-state index < -0.39 is 10.0 Å². The van der Waals surface area contributed by atoms with Crippen molar-refractivity contribution in [3.05, 3.63) is 28.8 Å². The summed E-state index contributed by atoms with van der Waals surface area (Å²) in [6, 6.07) is 5.21. The molecule has 0 aliphatic rings. The van der Waals surface area contributed by atoms with Crippen molar-refractivity contribution < 1.29 is 13.2 Å². The lowest BCUT2D eigenvalue weighted by atomic mass is 10.2. The van der Waals surface area contributed by atoms with Crippen molar-refractivity contribution >= 4 is 33.2 Å². The second-order valence-corrected chi connectivity index (χ2v) is 6.54. The first kappa shape index (κ1) is 15.9. The number of halogens is 1. The van der Waals surface area contributed by atoms with Crippen LogP contribution < -0.4 is 9.62 Å². The maximum atomic E-state index is 11.7. The number of sulfonamides is 1. The summed E-state index contributed by atoms with van der Waals surface area (Å²) in [5.41, 5.74) is 1.59. The van der Waals surface area contributed by atoms with Gasteiger partial charge in [-0.1, -0.05) is 11.6 Å². The van der Waals surface area contributed by atoms with Crippen LogP contribution >= 0.6 is 11.6 Å². The van der Waals surface area contributed by atoms with E-state index in [0.717, 1.165) is 17.5 Å². The minimum atomic E-state index is -3.25. The molecule has 0 heterocycles. The van der Waals surface area contributed by atoms with Crippen molar-refractivity contribution in [1.82, 2.24) is 4.72 Å². The molecular weight excluding hydrogens is 288 g/mol. The first-order valence-electron chi connectivity index (χ1n) is 5.69. The van der Waals surface area contributed by atoms with E-state index in [1.54, 1.807) is 18.2 Å². The van der Waals surface area contributed by atoms with Gasteiger partial charge in [0, 0.05) is 30.7 Å². The Kier molecular flexibility index (Phi) is 5.34. The van der Waals surface area contributed by atoms with Gasteiger partial charge >= 0.3 is 0 Å². The van der Waals surface area contributed by atoms with Gasteiger partial charge in [-0.15, -0.1) is 0 Å². The molecule has 106 valence electrons. The van der Waals surface area contributed by atoms with Crippen LogP contribution in [0.5, 0.6) is 0 Å². The number of rotatable bonds is 5. The monoisotopic (exact) mass is 304 g/mol. The van der Waals surface area contributed by atoms with Gasteiger partial charge in [0.1, 0.15) is 0 Å². The van der Waals surface area contributed by atoms with Crippen LogP contribution in [0.1, 0.15) is 12.5 Å². The largest absolute Gasteiger partial charge is 0.311 e. The standard InChI is InChI=1S/C12H17ClN2O3S/c1-9-8-11(13)4-5-12(9)15(10(2)16)7-6-14-19(3,17)18/h4-5,8,14H,6-7H2,1-3H3. The molecule has 7 heteroatoms. The SMILES string of the molecule is CC(=O)N(CCNS(C)(=O)=O)c1ccc(Cl)cc1C. The number of anilines is 1. The highest BCUT2D eigenvalue weighted by Crippen LogP contribution is 2.23. The molecular formula is C12H17ClN2O3S. The molecule has 1 amide bonds. The molecule has 1 rings (SSSR count). The first-order chi connectivity index (χ1) is 8.70. The lowest BCUT2D eigenvalue weighted by Crippen LogP contribution is -2.37. The molecule has 0 aliphatic heterocycles. The molecule has 0 fully saturated rings. The Balaban J connectivity index is 2.86. The molecule has 5 nitrogen and oxygen atoms in total. The Hall–Kier alpha value is -1.11. The number of carbonyl (C=O) groups is 1. The van der Waals surface area contributed by atoms with Crippen LogP contribution in [0.15, 0.2) is 18.2 Å². The molecule has 0 saturated heterocycles. The van der Waals surface area contributed by atoms with Gasteiger partial charge in [0.25, 0.3) is 0 Å². The molecule has 0 bridgehead atoms. The lowest BCUT2D eigenvalue weighted by molar-refractivity contribution is -0.116. The van der Waals surface area contributed by atoms with Gasteiger partial charge in [-0.2, -0.15) is 0 Å². The smallest absolute Gasteiger partial charge is 0.223 e. The van der Waals surface area contributed by atoms with E-state index in [9.17, 15) is 13.2 Å². The van der Waals surface area contributed by atoms with Crippen LogP contribution in [-0.4, -0.2) is 33.7 Å². The van der Waals surface area contributed by atoms with Crippen molar-refractivity contribution in [2.24, 2.45) is 0 Å². The summed E-state index contributed by atoms with van der Waals surface area (Å²) in [6.45, 7) is 3.72. The normalized spacial score (nSPS) is 11.4. The van der Waals surface area contributed by atoms with E-state index in [4.69, 9.17) is 11.6 Å². The number of nitrogens with zero attached hydrogens (tertiary/aromatic N) is 1. The van der Waals surface area contributed by atoms with Gasteiger partial charge in [-0.25, -0.2) is 13.1 Å². The molecule has 0 aliphatic carbocycles. The average Bonchev–Trinajstić information content (AvgIpc) is 2.24. The summed E-state index contributed by atoms with van der Waals surface area (Å²) in [5, 5.41) is 0.596. The van der Waals surface area contributed by atoms with Crippen molar-refractivity contribution in [2.45, 2.75) is 13.8 Å². The van der Waals surface area contributed by atoms with E-state index in [-0.39, 0.29) is 19.0 Å². The van der Waals surface area contributed by atoms with Gasteiger partial charge in [0.05, 0.1) is 6.26 Å². The summed E-state index contributed by atoms with van der Waals surface area (Å²) in [6.07, 6.45) is 1.08. The Morgan fingerprint density at radius 2 is 2.05 bits per heavy atom. The summed E-state index contributed by atoms with van der Waals surface area (Å²) in [4.78, 5) is 13.2. The highest BCUT2D eigenvalue weighted by molar-refractivity contribution is 7.88. The van der Waals surface area contributed by atoms with Crippen molar-refractivity contribution in [1.29, 1.82) is 0 Å². The van der Waals surface area contributed by atoms with Crippen LogP contribution in [0.4, 0.5) is 5.69 Å². The molecule has 0 aromatic heterocycles. The van der Waals surface area contributed by atoms with E-state index in [2.05, 4.69) is 4.72 Å². The third-order valence-electron chi connectivity index (χ3n) is 2.53. The number of carbonyl (C=O) groups excluding carboxylic acids is 1. The zero-order chi connectivity index (χ0) is 14.6. The molecule has 0 spiro atoms. The van der Waals surface area contributed by atoms with Gasteiger partial charge in [0.15, 0.2) is 0 Å². The number of nitrogens with one attached hydrogen (secondary N) is 1. The minimum absolute atomic E-state index is 0.152. The molecule has 1 N–H and O–H groups in total. The molecule has 0 unspecified atom stereocenters. The quantitative estimate of drug-likeness (QED) is 0.897. The highest BCUT2D eigenvalue weighted by Gasteiger charge is 2.14. The maximum Gasteiger partial charge on any atom is 0.223 e. The maximum absolute atomic E-state index is 11.7. The minimum Gasteiger partial charge on any atom is -0.311 e. The fourth-order valence-corrected chi connectivity index (χ4v) is 2.40. The van der Waals surface area contributed by atoms with Crippen molar-refractivity contribution in [2.75, 3.05) is 24.2 Å². The Bertz CT molecular complexity index is 572. The third kappa shape index (κ3) is 5.18. The average molecular weight is 305 g/mol. The van der Waals surface area contributed by atoms with Gasteiger partial charge in [-0.05, 0) is 30.7 Å². The van der Waals surface area contributed by atoms with Crippen molar-refractivity contribution in [3.8, 4) is 0 Å². The second kappa shape index (κ2) is 6.36. The fraction of sp³-hybridized carbons (Fsp3) is 0.417. The van der Waals surface area contributed by atoms with Crippen LogP contribution in [0, 0.1) is 6.92 Å². The molecule has 1 aromatic carbocycles. The predicted octanol–water partition coefficient (Wildman–Crippen LogP) is 1.55. The zero-order valence-corrected chi connectivity index (χ0v) is 12.7. The molecule has 0 atom stereocenters. The number of hydrogen-bond acceptors (Lipinski definition) is 3. The summed E-state index contributed by atoms with van der Waals surface area (Å²) in [5.74, 6) is -0.152. The van der Waals surface area contributed by atoms with Gasteiger partial charge in [0.2, 0.25) is 15.9 Å². The van der Waals surface area contributed by atoms with Crippen molar-refractivity contribution in [3.63, 3.8) is 0 Å². The van der Waals surface area contributed by atoms with E-state index in [1.165, 1.54) is 11.8 Å². The third-order valence-corrected chi connectivity index (χ3v) is 3.49. The Labute approximate surface area is 118 Å². The lowest BCUT2D eigenvalue weighted by Gasteiger charge is -2.23. The van der Waals surface area contributed by atoms with Crippen LogP contribution in [0.2, 0.25) is 5.02 Å².